The summed E-state index contributed by atoms with van der Waals surface area (Å²) in [5.41, 5.74) is 0. The highest BCUT2D eigenvalue weighted by Gasteiger charge is 2.03. The van der Waals surface area contributed by atoms with Crippen LogP contribution in [0.5, 0.6) is 0 Å². The molecular formula is C8H8BrFN2O2. The van der Waals surface area contributed by atoms with Gasteiger partial charge in [-0.1, -0.05) is 15.9 Å². The van der Waals surface area contributed by atoms with E-state index >= 15 is 0 Å². The van der Waals surface area contributed by atoms with Crippen molar-refractivity contribution in [3.05, 3.63) is 22.6 Å². The highest BCUT2D eigenvalue weighted by Crippen LogP contribution is 2.14. The number of rotatable bonds is 3. The summed E-state index contributed by atoms with van der Waals surface area (Å²) in [6, 6.07) is 2.79. The fourth-order valence-electron chi connectivity index (χ4n) is 0.791. The summed E-state index contributed by atoms with van der Waals surface area (Å²) in [5, 5.41) is 2.62. The maximum Gasteiger partial charge on any atom is 0.325 e. The summed E-state index contributed by atoms with van der Waals surface area (Å²) in [5.74, 6) is -0.777. The van der Waals surface area contributed by atoms with Crippen molar-refractivity contribution < 1.29 is 13.9 Å². The van der Waals surface area contributed by atoms with Crippen LogP contribution in [-0.4, -0.2) is 24.6 Å². The topological polar surface area (TPSA) is 51.2 Å². The van der Waals surface area contributed by atoms with E-state index in [0.717, 1.165) is 0 Å². The Bertz CT molecular complexity index is 326. The lowest BCUT2D eigenvalue weighted by atomic mass is 10.4. The Morgan fingerprint density at radius 3 is 3.00 bits per heavy atom. The zero-order valence-corrected chi connectivity index (χ0v) is 8.97. The van der Waals surface area contributed by atoms with Crippen molar-refractivity contribution in [2.75, 3.05) is 19.0 Å². The van der Waals surface area contributed by atoms with Crippen molar-refractivity contribution >= 4 is 27.7 Å². The Morgan fingerprint density at radius 1 is 1.71 bits per heavy atom. The maximum atomic E-state index is 12.7. The van der Waals surface area contributed by atoms with Crippen LogP contribution in [0.2, 0.25) is 0 Å². The zero-order chi connectivity index (χ0) is 10.6. The van der Waals surface area contributed by atoms with Gasteiger partial charge >= 0.3 is 5.97 Å². The SMILES string of the molecule is COC(=O)CNc1cc(Br)cc(F)n1. The first-order valence-corrected chi connectivity index (χ1v) is 4.55. The number of hydrogen-bond donors (Lipinski definition) is 1. The molecule has 1 rings (SSSR count). The molecule has 1 heterocycles. The number of carbonyl (C=O) groups is 1. The van der Waals surface area contributed by atoms with Crippen LogP contribution in [0.25, 0.3) is 0 Å². The van der Waals surface area contributed by atoms with E-state index in [9.17, 15) is 9.18 Å². The molecule has 14 heavy (non-hydrogen) atoms. The van der Waals surface area contributed by atoms with E-state index in [0.29, 0.717) is 4.47 Å². The number of pyridine rings is 1. The van der Waals surface area contributed by atoms with Crippen LogP contribution in [-0.2, 0) is 9.53 Å². The molecule has 0 atom stereocenters. The van der Waals surface area contributed by atoms with Gasteiger partial charge in [0.1, 0.15) is 12.4 Å². The molecule has 0 aliphatic heterocycles. The number of ether oxygens (including phenoxy) is 1. The predicted molar refractivity (Wildman–Crippen MR) is 52.4 cm³/mol. The predicted octanol–water partition coefficient (Wildman–Crippen LogP) is 1.57. The van der Waals surface area contributed by atoms with E-state index in [1.165, 1.54) is 13.2 Å². The van der Waals surface area contributed by atoms with E-state index < -0.39 is 11.9 Å². The van der Waals surface area contributed by atoms with E-state index in [-0.39, 0.29) is 12.4 Å². The molecule has 4 nitrogen and oxygen atoms in total. The molecule has 0 spiro atoms. The fraction of sp³-hybridized carbons (Fsp3) is 0.250. The number of methoxy groups -OCH3 is 1. The smallest absolute Gasteiger partial charge is 0.325 e. The second-order valence-corrected chi connectivity index (χ2v) is 3.34. The molecule has 0 radical (unpaired) electrons. The molecule has 0 fully saturated rings. The molecule has 0 aliphatic rings. The minimum Gasteiger partial charge on any atom is -0.468 e. The van der Waals surface area contributed by atoms with Crippen LogP contribution in [0.1, 0.15) is 0 Å². The lowest BCUT2D eigenvalue weighted by molar-refractivity contribution is -0.138. The molecule has 1 N–H and O–H groups in total. The average molecular weight is 263 g/mol. The first kappa shape index (κ1) is 10.9. The van der Waals surface area contributed by atoms with Crippen molar-refractivity contribution in [1.82, 2.24) is 4.98 Å². The van der Waals surface area contributed by atoms with E-state index in [4.69, 9.17) is 0 Å². The minimum absolute atomic E-state index is 0.0423. The number of esters is 1. The van der Waals surface area contributed by atoms with Crippen molar-refractivity contribution in [1.29, 1.82) is 0 Å². The van der Waals surface area contributed by atoms with Crippen LogP contribution >= 0.6 is 15.9 Å². The van der Waals surface area contributed by atoms with Gasteiger partial charge in [0.05, 0.1) is 7.11 Å². The summed E-state index contributed by atoms with van der Waals surface area (Å²) >= 11 is 3.10. The first-order valence-electron chi connectivity index (χ1n) is 3.75. The minimum atomic E-state index is -0.619. The Hall–Kier alpha value is -1.17. The Kier molecular flexibility index (Phi) is 3.82. The van der Waals surface area contributed by atoms with Gasteiger partial charge in [0.15, 0.2) is 0 Å². The van der Waals surface area contributed by atoms with E-state index in [1.54, 1.807) is 6.07 Å². The molecular weight excluding hydrogens is 255 g/mol. The lowest BCUT2D eigenvalue weighted by Gasteiger charge is -2.04. The van der Waals surface area contributed by atoms with Gasteiger partial charge in [-0.25, -0.2) is 4.98 Å². The molecule has 0 unspecified atom stereocenters. The van der Waals surface area contributed by atoms with Crippen LogP contribution in [0.3, 0.4) is 0 Å². The Balaban J connectivity index is 2.63. The number of hydrogen-bond acceptors (Lipinski definition) is 4. The van der Waals surface area contributed by atoms with Crippen molar-refractivity contribution in [2.24, 2.45) is 0 Å². The first-order chi connectivity index (χ1) is 6.61. The van der Waals surface area contributed by atoms with Gasteiger partial charge in [-0.05, 0) is 6.07 Å². The molecule has 0 saturated carbocycles. The summed E-state index contributed by atoms with van der Waals surface area (Å²) < 4.78 is 17.7. The molecule has 0 bridgehead atoms. The summed E-state index contributed by atoms with van der Waals surface area (Å²) in [7, 11) is 1.28. The molecule has 0 aliphatic carbocycles. The summed E-state index contributed by atoms with van der Waals surface area (Å²) in [6.45, 7) is -0.0423. The normalized spacial score (nSPS) is 9.64. The quantitative estimate of drug-likeness (QED) is 0.664. The highest BCUT2D eigenvalue weighted by atomic mass is 79.9. The van der Waals surface area contributed by atoms with Crippen LogP contribution in [0, 0.1) is 5.95 Å². The van der Waals surface area contributed by atoms with Crippen LogP contribution in [0.4, 0.5) is 10.2 Å². The third-order valence-electron chi connectivity index (χ3n) is 1.40. The highest BCUT2D eigenvalue weighted by molar-refractivity contribution is 9.10. The number of nitrogens with zero attached hydrogens (tertiary/aromatic N) is 1. The Morgan fingerprint density at radius 2 is 2.43 bits per heavy atom. The summed E-state index contributed by atoms with van der Waals surface area (Å²) in [4.78, 5) is 14.3. The largest absolute Gasteiger partial charge is 0.468 e. The zero-order valence-electron chi connectivity index (χ0n) is 7.38. The van der Waals surface area contributed by atoms with Crippen molar-refractivity contribution in [2.45, 2.75) is 0 Å². The van der Waals surface area contributed by atoms with Gasteiger partial charge < -0.3 is 10.1 Å². The summed E-state index contributed by atoms with van der Waals surface area (Å²) in [6.07, 6.45) is 0. The van der Waals surface area contributed by atoms with Gasteiger partial charge in [0, 0.05) is 10.5 Å². The van der Waals surface area contributed by atoms with Crippen molar-refractivity contribution in [3.8, 4) is 0 Å². The molecule has 0 amide bonds. The fourth-order valence-corrected chi connectivity index (χ4v) is 1.20. The lowest BCUT2D eigenvalue weighted by Crippen LogP contribution is -2.15. The second kappa shape index (κ2) is 4.90. The second-order valence-electron chi connectivity index (χ2n) is 2.42. The van der Waals surface area contributed by atoms with Crippen LogP contribution in [0.15, 0.2) is 16.6 Å². The number of nitrogens with one attached hydrogen (secondary N) is 1. The van der Waals surface area contributed by atoms with Gasteiger partial charge in [0.2, 0.25) is 5.95 Å². The van der Waals surface area contributed by atoms with Gasteiger partial charge in [-0.2, -0.15) is 4.39 Å². The van der Waals surface area contributed by atoms with Gasteiger partial charge in [-0.3, -0.25) is 4.79 Å². The number of halogens is 2. The van der Waals surface area contributed by atoms with Gasteiger partial charge in [-0.15, -0.1) is 0 Å². The average Bonchev–Trinajstić information content (AvgIpc) is 2.12. The molecule has 76 valence electrons. The molecule has 0 aromatic carbocycles. The standard InChI is InChI=1S/C8H8BrFN2O2/c1-14-8(13)4-11-7-3-5(9)2-6(10)12-7/h2-3H,4H2,1H3,(H,11,12). The van der Waals surface area contributed by atoms with Gasteiger partial charge in [0.25, 0.3) is 0 Å². The van der Waals surface area contributed by atoms with Crippen molar-refractivity contribution in [3.63, 3.8) is 0 Å². The molecule has 6 heteroatoms. The Labute approximate surface area is 88.6 Å². The number of carbonyl (C=O) groups excluding carboxylic acids is 1. The number of aromatic nitrogens is 1. The molecule has 0 saturated heterocycles. The number of anilines is 1. The third-order valence-corrected chi connectivity index (χ3v) is 1.86. The monoisotopic (exact) mass is 262 g/mol. The third kappa shape index (κ3) is 3.29. The molecule has 1 aromatic rings. The molecule has 1 aromatic heterocycles. The van der Waals surface area contributed by atoms with E-state index in [1.807, 2.05) is 0 Å². The van der Waals surface area contributed by atoms with E-state index in [2.05, 4.69) is 31.0 Å². The van der Waals surface area contributed by atoms with Crippen LogP contribution < -0.4 is 5.32 Å². The maximum absolute atomic E-state index is 12.7.